The lowest BCUT2D eigenvalue weighted by Crippen LogP contribution is -2.06. The van der Waals surface area contributed by atoms with E-state index in [9.17, 15) is 0 Å². The van der Waals surface area contributed by atoms with Gasteiger partial charge >= 0.3 is 0 Å². The summed E-state index contributed by atoms with van der Waals surface area (Å²) in [7, 11) is 2.01. The van der Waals surface area contributed by atoms with Crippen molar-refractivity contribution in [1.82, 2.24) is 5.32 Å². The standard InChI is InChI=1S/C4H9N.C3H7N/c1-5-4-2-3-4;4-3-1-2-3/h4-5H,2-3H2,1H3;3H,1-2,4H2. The van der Waals surface area contributed by atoms with Crippen LogP contribution in [0.3, 0.4) is 0 Å². The van der Waals surface area contributed by atoms with Crippen LogP contribution in [0.2, 0.25) is 0 Å². The van der Waals surface area contributed by atoms with Crippen LogP contribution in [0.15, 0.2) is 0 Å². The molecule has 2 nitrogen and oxygen atoms in total. The highest BCUT2D eigenvalue weighted by Gasteiger charge is 2.17. The number of hydrogen-bond donors (Lipinski definition) is 2. The lowest BCUT2D eigenvalue weighted by Gasteiger charge is -1.80. The van der Waals surface area contributed by atoms with E-state index < -0.39 is 0 Å². The van der Waals surface area contributed by atoms with Crippen LogP contribution in [0, 0.1) is 0 Å². The largest absolute Gasteiger partial charge is 0.328 e. The molecule has 0 aliphatic heterocycles. The van der Waals surface area contributed by atoms with E-state index in [1.807, 2.05) is 7.05 Å². The molecule has 0 heterocycles. The van der Waals surface area contributed by atoms with Gasteiger partial charge in [0.25, 0.3) is 0 Å². The molecule has 0 amide bonds. The Hall–Kier alpha value is -0.0800. The van der Waals surface area contributed by atoms with E-state index in [1.54, 1.807) is 0 Å². The molecular weight excluding hydrogens is 112 g/mol. The first-order valence-corrected chi connectivity index (χ1v) is 3.76. The van der Waals surface area contributed by atoms with Crippen molar-refractivity contribution in [1.29, 1.82) is 0 Å². The smallest absolute Gasteiger partial charge is 0.00652 e. The average molecular weight is 128 g/mol. The Morgan fingerprint density at radius 3 is 1.67 bits per heavy atom. The van der Waals surface area contributed by atoms with Gasteiger partial charge in [0.15, 0.2) is 0 Å². The molecule has 2 heteroatoms. The molecule has 3 N–H and O–H groups in total. The van der Waals surface area contributed by atoms with E-state index in [0.29, 0.717) is 6.04 Å². The van der Waals surface area contributed by atoms with Gasteiger partial charge in [-0.2, -0.15) is 0 Å². The van der Waals surface area contributed by atoms with Gasteiger partial charge in [-0.15, -0.1) is 0 Å². The minimum Gasteiger partial charge on any atom is -0.328 e. The molecule has 0 radical (unpaired) electrons. The van der Waals surface area contributed by atoms with E-state index in [0.717, 1.165) is 6.04 Å². The van der Waals surface area contributed by atoms with Gasteiger partial charge in [-0.3, -0.25) is 0 Å². The van der Waals surface area contributed by atoms with Gasteiger partial charge in [-0.25, -0.2) is 0 Å². The maximum absolute atomic E-state index is 5.22. The molecule has 2 aliphatic rings. The van der Waals surface area contributed by atoms with E-state index >= 15 is 0 Å². The van der Waals surface area contributed by atoms with Crippen LogP contribution >= 0.6 is 0 Å². The minimum absolute atomic E-state index is 0.583. The highest BCUT2D eigenvalue weighted by molar-refractivity contribution is 4.78. The fraction of sp³-hybridized carbons (Fsp3) is 1.00. The summed E-state index contributed by atoms with van der Waals surface area (Å²) in [6.45, 7) is 0. The maximum Gasteiger partial charge on any atom is 0.00652 e. The van der Waals surface area contributed by atoms with E-state index in [1.165, 1.54) is 25.7 Å². The normalized spacial score (nSPS) is 24.7. The van der Waals surface area contributed by atoms with Gasteiger partial charge in [0.1, 0.15) is 0 Å². The van der Waals surface area contributed by atoms with Gasteiger partial charge in [-0.05, 0) is 32.7 Å². The van der Waals surface area contributed by atoms with E-state index in [-0.39, 0.29) is 0 Å². The zero-order chi connectivity index (χ0) is 6.69. The maximum atomic E-state index is 5.22. The van der Waals surface area contributed by atoms with Crippen LogP contribution in [0.25, 0.3) is 0 Å². The van der Waals surface area contributed by atoms with Crippen molar-refractivity contribution in [2.24, 2.45) is 5.73 Å². The number of nitrogens with one attached hydrogen (secondary N) is 1. The molecule has 0 bridgehead atoms. The van der Waals surface area contributed by atoms with Crippen LogP contribution in [-0.2, 0) is 0 Å². The molecule has 0 aromatic carbocycles. The second kappa shape index (κ2) is 3.18. The fourth-order valence-corrected chi connectivity index (χ4v) is 0.468. The second-order valence-electron chi connectivity index (χ2n) is 2.90. The molecule has 2 aliphatic carbocycles. The Morgan fingerprint density at radius 1 is 1.22 bits per heavy atom. The Balaban J connectivity index is 0.0000000922. The first-order chi connectivity index (χ1) is 4.33. The third-order valence-electron chi connectivity index (χ3n) is 1.61. The summed E-state index contributed by atoms with van der Waals surface area (Å²) in [5, 5.41) is 3.14. The van der Waals surface area contributed by atoms with Crippen molar-refractivity contribution >= 4 is 0 Å². The average Bonchev–Trinajstić information content (AvgIpc) is 2.57. The summed E-state index contributed by atoms with van der Waals surface area (Å²) in [6.07, 6.45) is 5.33. The molecule has 2 saturated carbocycles. The first-order valence-electron chi connectivity index (χ1n) is 3.76. The van der Waals surface area contributed by atoms with Crippen molar-refractivity contribution in [3.8, 4) is 0 Å². The number of rotatable bonds is 1. The van der Waals surface area contributed by atoms with E-state index in [4.69, 9.17) is 5.73 Å². The summed E-state index contributed by atoms with van der Waals surface area (Å²) < 4.78 is 0. The van der Waals surface area contributed by atoms with Crippen molar-refractivity contribution < 1.29 is 0 Å². The van der Waals surface area contributed by atoms with Crippen LogP contribution in [-0.4, -0.2) is 19.1 Å². The molecule has 0 saturated heterocycles. The fourth-order valence-electron chi connectivity index (χ4n) is 0.468. The summed E-state index contributed by atoms with van der Waals surface area (Å²) in [5.41, 5.74) is 5.22. The van der Waals surface area contributed by atoms with Gasteiger partial charge in [0, 0.05) is 12.1 Å². The summed E-state index contributed by atoms with van der Waals surface area (Å²) >= 11 is 0. The molecule has 0 atom stereocenters. The Labute approximate surface area is 56.8 Å². The quantitative estimate of drug-likeness (QED) is 0.539. The SMILES string of the molecule is CNC1CC1.NC1CC1. The van der Waals surface area contributed by atoms with Crippen LogP contribution in [0.5, 0.6) is 0 Å². The summed E-state index contributed by atoms with van der Waals surface area (Å²) in [4.78, 5) is 0. The van der Waals surface area contributed by atoms with E-state index in [2.05, 4.69) is 5.32 Å². The van der Waals surface area contributed by atoms with Gasteiger partial charge in [0.2, 0.25) is 0 Å². The van der Waals surface area contributed by atoms with Gasteiger partial charge in [-0.1, -0.05) is 0 Å². The molecule has 0 aromatic heterocycles. The van der Waals surface area contributed by atoms with Crippen LogP contribution in [0.1, 0.15) is 25.7 Å². The lowest BCUT2D eigenvalue weighted by molar-refractivity contribution is 0.811. The second-order valence-corrected chi connectivity index (χ2v) is 2.90. The molecule has 2 fully saturated rings. The number of hydrogen-bond acceptors (Lipinski definition) is 2. The Morgan fingerprint density at radius 2 is 1.67 bits per heavy atom. The highest BCUT2D eigenvalue weighted by Crippen LogP contribution is 2.17. The van der Waals surface area contributed by atoms with Crippen molar-refractivity contribution in [3.05, 3.63) is 0 Å². The lowest BCUT2D eigenvalue weighted by atomic mass is 10.7. The van der Waals surface area contributed by atoms with Gasteiger partial charge in [0.05, 0.1) is 0 Å². The minimum atomic E-state index is 0.583. The Kier molecular flexibility index (Phi) is 2.49. The monoisotopic (exact) mass is 128 g/mol. The number of nitrogens with two attached hydrogens (primary N) is 1. The van der Waals surface area contributed by atoms with Gasteiger partial charge < -0.3 is 11.1 Å². The highest BCUT2D eigenvalue weighted by atomic mass is 14.9. The van der Waals surface area contributed by atoms with Crippen molar-refractivity contribution in [2.75, 3.05) is 7.05 Å². The topological polar surface area (TPSA) is 38.0 Å². The molecule has 54 valence electrons. The first kappa shape index (κ1) is 7.03. The predicted molar refractivity (Wildman–Crippen MR) is 39.3 cm³/mol. The zero-order valence-corrected chi connectivity index (χ0v) is 6.06. The summed E-state index contributed by atoms with van der Waals surface area (Å²) in [6, 6.07) is 1.47. The molecule has 0 unspecified atom stereocenters. The summed E-state index contributed by atoms with van der Waals surface area (Å²) in [5.74, 6) is 0. The molecule has 0 aromatic rings. The molecular formula is C7H16N2. The molecule has 9 heavy (non-hydrogen) atoms. The predicted octanol–water partition coefficient (Wildman–Crippen LogP) is 0.476. The van der Waals surface area contributed by atoms with Crippen LogP contribution < -0.4 is 11.1 Å². The third kappa shape index (κ3) is 4.43. The van der Waals surface area contributed by atoms with Crippen molar-refractivity contribution in [2.45, 2.75) is 37.8 Å². The molecule has 2 rings (SSSR count). The zero-order valence-electron chi connectivity index (χ0n) is 6.06. The Bertz CT molecular complexity index is 75.0. The van der Waals surface area contributed by atoms with Crippen LogP contribution in [0.4, 0.5) is 0 Å². The molecule has 0 spiro atoms. The third-order valence-corrected chi connectivity index (χ3v) is 1.61. The van der Waals surface area contributed by atoms with Crippen molar-refractivity contribution in [3.63, 3.8) is 0 Å².